The van der Waals surface area contributed by atoms with Gasteiger partial charge in [-0.25, -0.2) is 4.98 Å². The quantitative estimate of drug-likeness (QED) is 0.874. The van der Waals surface area contributed by atoms with Gasteiger partial charge in [-0.3, -0.25) is 4.79 Å². The number of nitrogens with one attached hydrogen (secondary N) is 1. The van der Waals surface area contributed by atoms with E-state index >= 15 is 0 Å². The number of nitrogen functional groups attached to an aromatic ring is 1. The van der Waals surface area contributed by atoms with E-state index < -0.39 is 0 Å². The lowest BCUT2D eigenvalue weighted by Crippen LogP contribution is -2.40. The zero-order valence-electron chi connectivity index (χ0n) is 11.3. The number of hydrogen-bond acceptors (Lipinski definition) is 3. The minimum Gasteiger partial charge on any atom is -0.384 e. The van der Waals surface area contributed by atoms with E-state index in [0.717, 1.165) is 11.8 Å². The van der Waals surface area contributed by atoms with E-state index in [-0.39, 0.29) is 11.9 Å². The second-order valence-corrected chi connectivity index (χ2v) is 6.07. The zero-order valence-corrected chi connectivity index (χ0v) is 11.3. The average molecular weight is 259 g/mol. The first kappa shape index (κ1) is 12.5. The van der Waals surface area contributed by atoms with Crippen molar-refractivity contribution in [1.82, 2.24) is 10.3 Å². The van der Waals surface area contributed by atoms with Gasteiger partial charge in [0.1, 0.15) is 5.82 Å². The first-order valence-corrected chi connectivity index (χ1v) is 7.16. The average Bonchev–Trinajstić information content (AvgIpc) is 3.00. The van der Waals surface area contributed by atoms with Crippen LogP contribution in [0.15, 0.2) is 18.3 Å². The summed E-state index contributed by atoms with van der Waals surface area (Å²) in [7, 11) is 0. The molecule has 2 aliphatic rings. The molecule has 3 rings (SSSR count). The van der Waals surface area contributed by atoms with Gasteiger partial charge in [0, 0.05) is 17.8 Å². The molecule has 3 N–H and O–H groups in total. The van der Waals surface area contributed by atoms with E-state index in [1.165, 1.54) is 25.7 Å². The van der Waals surface area contributed by atoms with Crippen molar-refractivity contribution >= 4 is 11.7 Å². The Labute approximate surface area is 113 Å². The predicted molar refractivity (Wildman–Crippen MR) is 74.5 cm³/mol. The molecule has 1 amide bonds. The Hall–Kier alpha value is -1.58. The number of carbonyl (C=O) groups is 1. The van der Waals surface area contributed by atoms with Gasteiger partial charge < -0.3 is 11.1 Å². The Morgan fingerprint density at radius 1 is 1.47 bits per heavy atom. The largest absolute Gasteiger partial charge is 0.384 e. The maximum atomic E-state index is 12.2. The summed E-state index contributed by atoms with van der Waals surface area (Å²) in [4.78, 5) is 16.1. The monoisotopic (exact) mass is 259 g/mol. The molecule has 2 fully saturated rings. The molecule has 1 aromatic heterocycles. The van der Waals surface area contributed by atoms with Gasteiger partial charge in [-0.2, -0.15) is 0 Å². The molecule has 4 nitrogen and oxygen atoms in total. The van der Waals surface area contributed by atoms with Crippen molar-refractivity contribution in [3.63, 3.8) is 0 Å². The summed E-state index contributed by atoms with van der Waals surface area (Å²) in [6.45, 7) is 2.13. The lowest BCUT2D eigenvalue weighted by molar-refractivity contribution is 0.0915. The molecule has 2 aliphatic carbocycles. The van der Waals surface area contributed by atoms with Crippen LogP contribution < -0.4 is 11.1 Å². The van der Waals surface area contributed by atoms with Crippen molar-refractivity contribution in [1.29, 1.82) is 0 Å². The summed E-state index contributed by atoms with van der Waals surface area (Å²) in [5.41, 5.74) is 6.21. The molecule has 1 aromatic rings. The summed E-state index contributed by atoms with van der Waals surface area (Å²) in [6.07, 6.45) is 6.96. The molecule has 2 bridgehead atoms. The third-order valence-electron chi connectivity index (χ3n) is 4.84. The molecular formula is C15H21N3O. The van der Waals surface area contributed by atoms with Crippen LogP contribution in [-0.2, 0) is 0 Å². The lowest BCUT2D eigenvalue weighted by Gasteiger charge is -2.28. The zero-order chi connectivity index (χ0) is 13.4. The molecule has 4 unspecified atom stereocenters. The maximum absolute atomic E-state index is 12.2. The fourth-order valence-electron chi connectivity index (χ4n) is 3.89. The lowest BCUT2D eigenvalue weighted by atomic mass is 9.84. The summed E-state index contributed by atoms with van der Waals surface area (Å²) >= 11 is 0. The molecule has 0 aromatic carbocycles. The van der Waals surface area contributed by atoms with Crippen LogP contribution in [0.1, 0.15) is 43.0 Å². The van der Waals surface area contributed by atoms with Gasteiger partial charge in [0.15, 0.2) is 0 Å². The van der Waals surface area contributed by atoms with E-state index in [1.807, 2.05) is 0 Å². The van der Waals surface area contributed by atoms with Crippen LogP contribution >= 0.6 is 0 Å². The van der Waals surface area contributed by atoms with Crippen LogP contribution in [0, 0.1) is 17.8 Å². The highest BCUT2D eigenvalue weighted by Gasteiger charge is 2.42. The fourth-order valence-corrected chi connectivity index (χ4v) is 3.89. The van der Waals surface area contributed by atoms with Crippen molar-refractivity contribution in [3.05, 3.63) is 23.9 Å². The van der Waals surface area contributed by atoms with Crippen LogP contribution in [0.4, 0.5) is 5.82 Å². The number of nitrogens with zero attached hydrogens (tertiary/aromatic N) is 1. The van der Waals surface area contributed by atoms with E-state index in [4.69, 9.17) is 5.73 Å². The van der Waals surface area contributed by atoms with Crippen molar-refractivity contribution in [2.24, 2.45) is 17.8 Å². The second-order valence-electron chi connectivity index (χ2n) is 6.07. The number of aromatic nitrogens is 1. The highest BCUT2D eigenvalue weighted by molar-refractivity contribution is 5.94. The van der Waals surface area contributed by atoms with Crippen LogP contribution in [0.3, 0.4) is 0 Å². The number of pyridine rings is 1. The Balaban J connectivity index is 1.63. The number of amides is 1. The van der Waals surface area contributed by atoms with Crippen LogP contribution in [0.25, 0.3) is 0 Å². The predicted octanol–water partition coefficient (Wildman–Crippen LogP) is 2.22. The molecule has 2 saturated carbocycles. The molecule has 1 heterocycles. The second kappa shape index (κ2) is 4.83. The number of anilines is 1. The van der Waals surface area contributed by atoms with E-state index in [1.54, 1.807) is 18.3 Å². The SMILES string of the molecule is CC(NC(=O)c1ccnc(N)c1)C1CC2CCC1C2. The Morgan fingerprint density at radius 2 is 2.32 bits per heavy atom. The molecule has 0 radical (unpaired) electrons. The highest BCUT2D eigenvalue weighted by Crippen LogP contribution is 2.49. The Morgan fingerprint density at radius 3 is 2.95 bits per heavy atom. The minimum atomic E-state index is -0.0376. The molecule has 102 valence electrons. The third-order valence-corrected chi connectivity index (χ3v) is 4.84. The number of carbonyl (C=O) groups excluding carboxylic acids is 1. The number of rotatable bonds is 3. The van der Waals surface area contributed by atoms with Gasteiger partial charge in [0.25, 0.3) is 5.91 Å². The van der Waals surface area contributed by atoms with Gasteiger partial charge in [0.2, 0.25) is 0 Å². The standard InChI is InChI=1S/C15H21N3O/c1-9(13-7-10-2-3-11(13)6-10)18-15(19)12-4-5-17-14(16)8-12/h4-5,8-11,13H,2-3,6-7H2,1H3,(H2,16,17)(H,18,19). The number of hydrogen-bond donors (Lipinski definition) is 2. The molecule has 0 spiro atoms. The van der Waals surface area contributed by atoms with E-state index in [2.05, 4.69) is 17.2 Å². The molecule has 19 heavy (non-hydrogen) atoms. The van der Waals surface area contributed by atoms with E-state index in [9.17, 15) is 4.79 Å². The summed E-state index contributed by atoms with van der Waals surface area (Å²) in [5.74, 6) is 2.74. The fraction of sp³-hybridized carbons (Fsp3) is 0.600. The van der Waals surface area contributed by atoms with E-state index in [0.29, 0.717) is 17.3 Å². The molecule has 4 atom stereocenters. The minimum absolute atomic E-state index is 0.0376. The number of nitrogens with two attached hydrogens (primary N) is 1. The summed E-state index contributed by atoms with van der Waals surface area (Å²) < 4.78 is 0. The van der Waals surface area contributed by atoms with Crippen LogP contribution in [0.2, 0.25) is 0 Å². The Kier molecular flexibility index (Phi) is 3.17. The molecule has 0 saturated heterocycles. The van der Waals surface area contributed by atoms with Crippen molar-refractivity contribution in [2.45, 2.75) is 38.6 Å². The maximum Gasteiger partial charge on any atom is 0.251 e. The summed E-state index contributed by atoms with van der Waals surface area (Å²) in [5, 5.41) is 3.13. The molecule has 4 heteroatoms. The molecular weight excluding hydrogens is 238 g/mol. The third kappa shape index (κ3) is 2.44. The van der Waals surface area contributed by atoms with Crippen molar-refractivity contribution in [3.8, 4) is 0 Å². The summed E-state index contributed by atoms with van der Waals surface area (Å²) in [6, 6.07) is 3.58. The Bertz CT molecular complexity index is 488. The van der Waals surface area contributed by atoms with Crippen molar-refractivity contribution < 1.29 is 4.79 Å². The van der Waals surface area contributed by atoms with Gasteiger partial charge in [-0.1, -0.05) is 6.42 Å². The first-order chi connectivity index (χ1) is 9.13. The topological polar surface area (TPSA) is 68.0 Å². The van der Waals surface area contributed by atoms with Crippen molar-refractivity contribution in [2.75, 3.05) is 5.73 Å². The highest BCUT2D eigenvalue weighted by atomic mass is 16.1. The normalized spacial score (nSPS) is 30.3. The van der Waals surface area contributed by atoms with Gasteiger partial charge in [-0.05, 0) is 56.1 Å². The number of fused-ring (bicyclic) bond motifs is 2. The van der Waals surface area contributed by atoms with Crippen LogP contribution in [0.5, 0.6) is 0 Å². The van der Waals surface area contributed by atoms with Gasteiger partial charge >= 0.3 is 0 Å². The molecule has 0 aliphatic heterocycles. The first-order valence-electron chi connectivity index (χ1n) is 7.16. The van der Waals surface area contributed by atoms with Gasteiger partial charge in [0.05, 0.1) is 0 Å². The van der Waals surface area contributed by atoms with Gasteiger partial charge in [-0.15, -0.1) is 0 Å². The smallest absolute Gasteiger partial charge is 0.251 e. The van der Waals surface area contributed by atoms with Crippen LogP contribution in [-0.4, -0.2) is 16.9 Å².